The first-order chi connectivity index (χ1) is 14.6. The van der Waals surface area contributed by atoms with Crippen molar-refractivity contribution in [1.29, 1.82) is 0 Å². The second-order valence-corrected chi connectivity index (χ2v) is 7.50. The monoisotopic (exact) mass is 405 g/mol. The van der Waals surface area contributed by atoms with Gasteiger partial charge in [0, 0.05) is 18.5 Å². The normalized spacial score (nSPS) is 13.2. The molecular formula is C24H27N3O3. The van der Waals surface area contributed by atoms with Gasteiger partial charge in [-0.3, -0.25) is 4.79 Å². The maximum atomic E-state index is 12.6. The van der Waals surface area contributed by atoms with E-state index in [1.807, 2.05) is 78.0 Å². The number of hydrogen-bond donors (Lipinski definition) is 0. The number of benzene rings is 2. The lowest BCUT2D eigenvalue weighted by Crippen LogP contribution is -2.32. The van der Waals surface area contributed by atoms with E-state index in [2.05, 4.69) is 0 Å². The van der Waals surface area contributed by atoms with Crippen LogP contribution in [-0.4, -0.2) is 33.7 Å². The van der Waals surface area contributed by atoms with Crippen LogP contribution in [0.25, 0.3) is 5.69 Å². The molecule has 0 spiro atoms. The van der Waals surface area contributed by atoms with E-state index < -0.39 is 0 Å². The molecule has 0 radical (unpaired) electrons. The lowest BCUT2D eigenvalue weighted by molar-refractivity contribution is -0.132. The van der Waals surface area contributed by atoms with Crippen LogP contribution in [0.2, 0.25) is 0 Å². The van der Waals surface area contributed by atoms with Gasteiger partial charge in [-0.15, -0.1) is 0 Å². The topological polar surface area (TPSA) is 56.6 Å². The van der Waals surface area contributed by atoms with Crippen LogP contribution in [0, 0.1) is 6.92 Å². The fourth-order valence-corrected chi connectivity index (χ4v) is 3.53. The lowest BCUT2D eigenvalue weighted by Gasteiger charge is -2.22. The average molecular weight is 405 g/mol. The minimum atomic E-state index is 0.164. The maximum Gasteiger partial charge on any atom is 0.227 e. The third kappa shape index (κ3) is 4.17. The van der Waals surface area contributed by atoms with Crippen LogP contribution in [0.3, 0.4) is 0 Å². The number of aryl methyl sites for hydroxylation is 1. The Bertz CT molecular complexity index is 1030. The van der Waals surface area contributed by atoms with Crippen LogP contribution in [0.5, 0.6) is 17.4 Å². The highest BCUT2D eigenvalue weighted by molar-refractivity contribution is 5.76. The Morgan fingerprint density at radius 1 is 1.13 bits per heavy atom. The zero-order valence-corrected chi connectivity index (χ0v) is 17.7. The Hall–Kier alpha value is -3.28. The largest absolute Gasteiger partial charge is 0.497 e. The SMILES string of the molecule is CCC(=O)N(Cc1c(C)nn(-c2ccccc2)c1Oc1cccc(OC)c1)C1CC1. The van der Waals surface area contributed by atoms with E-state index in [-0.39, 0.29) is 5.91 Å². The van der Waals surface area contributed by atoms with E-state index in [4.69, 9.17) is 14.6 Å². The summed E-state index contributed by atoms with van der Waals surface area (Å²) in [6.45, 7) is 4.37. The van der Waals surface area contributed by atoms with Crippen molar-refractivity contribution >= 4 is 5.91 Å². The molecule has 1 aromatic heterocycles. The Balaban J connectivity index is 1.76. The number of amides is 1. The summed E-state index contributed by atoms with van der Waals surface area (Å²) in [5.41, 5.74) is 2.69. The quantitative estimate of drug-likeness (QED) is 0.536. The predicted octanol–water partition coefficient (Wildman–Crippen LogP) is 4.88. The summed E-state index contributed by atoms with van der Waals surface area (Å²) in [4.78, 5) is 14.6. The van der Waals surface area contributed by atoms with Gasteiger partial charge in [-0.1, -0.05) is 31.2 Å². The third-order valence-electron chi connectivity index (χ3n) is 5.33. The number of methoxy groups -OCH3 is 1. The second-order valence-electron chi connectivity index (χ2n) is 7.50. The summed E-state index contributed by atoms with van der Waals surface area (Å²) in [5.74, 6) is 2.17. The molecule has 6 heteroatoms. The second kappa shape index (κ2) is 8.61. The van der Waals surface area contributed by atoms with E-state index >= 15 is 0 Å². The van der Waals surface area contributed by atoms with E-state index in [1.54, 1.807) is 7.11 Å². The standard InChI is InChI=1S/C24H27N3O3/c1-4-23(28)26(18-13-14-18)16-22-17(2)25-27(19-9-6-5-7-10-19)24(22)30-21-12-8-11-20(15-21)29-3/h5-12,15,18H,4,13-14,16H2,1-3H3. The number of carbonyl (C=O) groups excluding carboxylic acids is 1. The van der Waals surface area contributed by atoms with Crippen LogP contribution in [0.4, 0.5) is 0 Å². The molecule has 156 valence electrons. The first-order valence-corrected chi connectivity index (χ1v) is 10.4. The van der Waals surface area contributed by atoms with E-state index in [1.165, 1.54) is 0 Å². The van der Waals surface area contributed by atoms with Crippen molar-refractivity contribution in [3.05, 3.63) is 65.9 Å². The summed E-state index contributed by atoms with van der Waals surface area (Å²) in [6, 6.07) is 17.7. The molecule has 0 N–H and O–H groups in total. The fourth-order valence-electron chi connectivity index (χ4n) is 3.53. The van der Waals surface area contributed by atoms with Crippen LogP contribution >= 0.6 is 0 Å². The summed E-state index contributed by atoms with van der Waals surface area (Å²) in [5, 5.41) is 4.76. The molecule has 30 heavy (non-hydrogen) atoms. The van der Waals surface area contributed by atoms with Gasteiger partial charge in [0.25, 0.3) is 0 Å². The molecule has 6 nitrogen and oxygen atoms in total. The third-order valence-corrected chi connectivity index (χ3v) is 5.33. The Morgan fingerprint density at radius 2 is 1.87 bits per heavy atom. The van der Waals surface area contributed by atoms with Crippen molar-refractivity contribution in [3.8, 4) is 23.1 Å². The van der Waals surface area contributed by atoms with Crippen LogP contribution in [0.1, 0.15) is 37.4 Å². The van der Waals surface area contributed by atoms with Crippen molar-refractivity contribution < 1.29 is 14.3 Å². The Morgan fingerprint density at radius 3 is 2.53 bits per heavy atom. The van der Waals surface area contributed by atoms with Gasteiger partial charge in [0.05, 0.1) is 30.6 Å². The molecule has 1 heterocycles. The van der Waals surface area contributed by atoms with E-state index in [0.29, 0.717) is 30.6 Å². The Kier molecular flexibility index (Phi) is 5.74. The molecule has 1 fully saturated rings. The van der Waals surface area contributed by atoms with Crippen molar-refractivity contribution in [3.63, 3.8) is 0 Å². The van der Waals surface area contributed by atoms with Gasteiger partial charge in [0.1, 0.15) is 11.5 Å². The van der Waals surface area contributed by atoms with Gasteiger partial charge in [0.15, 0.2) is 0 Å². The van der Waals surface area contributed by atoms with Gasteiger partial charge < -0.3 is 14.4 Å². The van der Waals surface area contributed by atoms with Crippen molar-refractivity contribution in [2.45, 2.75) is 45.7 Å². The lowest BCUT2D eigenvalue weighted by atomic mass is 10.2. The first-order valence-electron chi connectivity index (χ1n) is 10.4. The van der Waals surface area contributed by atoms with E-state index in [0.717, 1.165) is 35.5 Å². The highest BCUT2D eigenvalue weighted by atomic mass is 16.5. The fraction of sp³-hybridized carbons (Fsp3) is 0.333. The van der Waals surface area contributed by atoms with Gasteiger partial charge in [0.2, 0.25) is 11.8 Å². The molecule has 0 bridgehead atoms. The van der Waals surface area contributed by atoms with Crippen molar-refractivity contribution in [2.75, 3.05) is 7.11 Å². The molecule has 1 aliphatic rings. The van der Waals surface area contributed by atoms with Crippen LogP contribution < -0.4 is 9.47 Å². The maximum absolute atomic E-state index is 12.6. The highest BCUT2D eigenvalue weighted by Gasteiger charge is 2.33. The van der Waals surface area contributed by atoms with Crippen molar-refractivity contribution in [1.82, 2.24) is 14.7 Å². The molecule has 0 atom stereocenters. The molecule has 2 aromatic carbocycles. The van der Waals surface area contributed by atoms with Crippen molar-refractivity contribution in [2.24, 2.45) is 0 Å². The first kappa shape index (κ1) is 20.0. The summed E-state index contributed by atoms with van der Waals surface area (Å²) >= 11 is 0. The van der Waals surface area contributed by atoms with Gasteiger partial charge in [-0.25, -0.2) is 4.68 Å². The van der Waals surface area contributed by atoms with Crippen LogP contribution in [-0.2, 0) is 11.3 Å². The molecule has 4 rings (SSSR count). The number of ether oxygens (including phenoxy) is 2. The van der Waals surface area contributed by atoms with Gasteiger partial charge >= 0.3 is 0 Å². The number of para-hydroxylation sites is 1. The highest BCUT2D eigenvalue weighted by Crippen LogP contribution is 2.35. The van der Waals surface area contributed by atoms with Gasteiger partial charge in [-0.2, -0.15) is 5.10 Å². The number of aromatic nitrogens is 2. The molecule has 1 amide bonds. The number of nitrogens with zero attached hydrogens (tertiary/aromatic N) is 3. The summed E-state index contributed by atoms with van der Waals surface area (Å²) < 4.78 is 13.5. The minimum Gasteiger partial charge on any atom is -0.497 e. The zero-order chi connectivity index (χ0) is 21.1. The number of rotatable bonds is 8. The molecule has 1 saturated carbocycles. The number of hydrogen-bond acceptors (Lipinski definition) is 4. The zero-order valence-electron chi connectivity index (χ0n) is 17.7. The molecular weight excluding hydrogens is 378 g/mol. The van der Waals surface area contributed by atoms with Gasteiger partial charge in [-0.05, 0) is 44.0 Å². The van der Waals surface area contributed by atoms with E-state index in [9.17, 15) is 4.79 Å². The molecule has 0 aliphatic heterocycles. The van der Waals surface area contributed by atoms with Crippen LogP contribution in [0.15, 0.2) is 54.6 Å². The molecule has 1 aliphatic carbocycles. The summed E-state index contributed by atoms with van der Waals surface area (Å²) in [6.07, 6.45) is 2.61. The molecule has 0 saturated heterocycles. The smallest absolute Gasteiger partial charge is 0.227 e. The minimum absolute atomic E-state index is 0.164. The molecule has 3 aromatic rings. The predicted molar refractivity (Wildman–Crippen MR) is 115 cm³/mol. The average Bonchev–Trinajstić information content (AvgIpc) is 3.58. The molecule has 0 unspecified atom stereocenters. The number of carbonyl (C=O) groups is 1. The Labute approximate surface area is 177 Å². The summed E-state index contributed by atoms with van der Waals surface area (Å²) in [7, 11) is 1.63.